The van der Waals surface area contributed by atoms with Crippen LogP contribution in [0.4, 0.5) is 5.69 Å². The summed E-state index contributed by atoms with van der Waals surface area (Å²) in [5.74, 6) is 0.901. The van der Waals surface area contributed by atoms with E-state index in [-0.39, 0.29) is 5.91 Å². The number of hydrogen-bond acceptors (Lipinski definition) is 3. The van der Waals surface area contributed by atoms with E-state index in [9.17, 15) is 4.79 Å². The molecule has 2 aromatic carbocycles. The molecule has 0 aliphatic heterocycles. The molecule has 0 fully saturated rings. The number of benzene rings is 2. The molecule has 4 nitrogen and oxygen atoms in total. The number of nitrogens with one attached hydrogen (secondary N) is 1. The van der Waals surface area contributed by atoms with Gasteiger partial charge in [-0.1, -0.05) is 40.9 Å². The number of amides is 1. The third-order valence-corrected chi connectivity index (χ3v) is 4.43. The Hall–Kier alpha value is -1.72. The lowest BCUT2D eigenvalue weighted by Gasteiger charge is -2.14. The molecule has 0 spiro atoms. The third kappa shape index (κ3) is 5.13. The standard InChI is InChI=1S/C19H21BrClNO3/c1-4-5-8-25-16-7-6-13(10-17(16)24-3)19(23)22-18-12(2)9-14(20)11-15(18)21/h6-7,9-11H,4-5,8H2,1-3H3,(H,22,23). The van der Waals surface area contributed by atoms with Crippen LogP contribution in [0.25, 0.3) is 0 Å². The van der Waals surface area contributed by atoms with Crippen molar-refractivity contribution in [2.75, 3.05) is 19.0 Å². The number of halogens is 2. The van der Waals surface area contributed by atoms with E-state index in [2.05, 4.69) is 28.2 Å². The van der Waals surface area contributed by atoms with E-state index in [1.807, 2.05) is 13.0 Å². The minimum atomic E-state index is -0.259. The van der Waals surface area contributed by atoms with Crippen molar-refractivity contribution in [1.82, 2.24) is 0 Å². The molecular formula is C19H21BrClNO3. The van der Waals surface area contributed by atoms with Gasteiger partial charge < -0.3 is 14.8 Å². The summed E-state index contributed by atoms with van der Waals surface area (Å²) in [6.45, 7) is 4.60. The maximum absolute atomic E-state index is 12.6. The van der Waals surface area contributed by atoms with Crippen molar-refractivity contribution in [2.24, 2.45) is 0 Å². The largest absolute Gasteiger partial charge is 0.493 e. The molecule has 25 heavy (non-hydrogen) atoms. The average molecular weight is 427 g/mol. The van der Waals surface area contributed by atoms with Crippen LogP contribution in [0.2, 0.25) is 5.02 Å². The number of ether oxygens (including phenoxy) is 2. The van der Waals surface area contributed by atoms with Gasteiger partial charge >= 0.3 is 0 Å². The maximum Gasteiger partial charge on any atom is 0.255 e. The second-order valence-corrected chi connectivity index (χ2v) is 6.92. The van der Waals surface area contributed by atoms with Crippen LogP contribution in [0, 0.1) is 6.92 Å². The van der Waals surface area contributed by atoms with Crippen LogP contribution in [0.3, 0.4) is 0 Å². The van der Waals surface area contributed by atoms with Gasteiger partial charge in [0.15, 0.2) is 11.5 Å². The predicted octanol–water partition coefficient (Wildman–Crippen LogP) is 5.85. The topological polar surface area (TPSA) is 47.6 Å². The Bertz CT molecular complexity index is 741. The Balaban J connectivity index is 2.19. The first-order chi connectivity index (χ1) is 12.0. The van der Waals surface area contributed by atoms with Crippen LogP contribution < -0.4 is 14.8 Å². The smallest absolute Gasteiger partial charge is 0.255 e. The van der Waals surface area contributed by atoms with Gasteiger partial charge in [0.2, 0.25) is 0 Å². The number of unbranched alkanes of at least 4 members (excludes halogenated alkanes) is 1. The highest BCUT2D eigenvalue weighted by atomic mass is 79.9. The van der Waals surface area contributed by atoms with Crippen molar-refractivity contribution >= 4 is 39.1 Å². The van der Waals surface area contributed by atoms with Crippen LogP contribution >= 0.6 is 27.5 Å². The molecule has 1 N–H and O–H groups in total. The van der Waals surface area contributed by atoms with E-state index >= 15 is 0 Å². The molecule has 0 bridgehead atoms. The maximum atomic E-state index is 12.6. The summed E-state index contributed by atoms with van der Waals surface area (Å²) >= 11 is 9.61. The van der Waals surface area contributed by atoms with Gasteiger partial charge in [-0.3, -0.25) is 4.79 Å². The molecule has 6 heteroatoms. The number of carbonyl (C=O) groups is 1. The van der Waals surface area contributed by atoms with E-state index in [0.29, 0.717) is 34.4 Å². The molecule has 0 atom stereocenters. The van der Waals surface area contributed by atoms with Crippen LogP contribution in [-0.2, 0) is 0 Å². The lowest BCUT2D eigenvalue weighted by Crippen LogP contribution is -2.13. The van der Waals surface area contributed by atoms with E-state index in [1.54, 1.807) is 31.4 Å². The van der Waals surface area contributed by atoms with E-state index in [1.165, 1.54) is 0 Å². The van der Waals surface area contributed by atoms with Gasteiger partial charge in [0.25, 0.3) is 5.91 Å². The van der Waals surface area contributed by atoms with Crippen molar-refractivity contribution in [2.45, 2.75) is 26.7 Å². The molecule has 0 saturated carbocycles. The molecule has 0 aliphatic rings. The van der Waals surface area contributed by atoms with Crippen LogP contribution in [0.15, 0.2) is 34.8 Å². The van der Waals surface area contributed by atoms with E-state index < -0.39 is 0 Å². The van der Waals surface area contributed by atoms with Crippen LogP contribution in [0.1, 0.15) is 35.7 Å². The quantitative estimate of drug-likeness (QED) is 0.565. The number of rotatable bonds is 7. The zero-order valence-electron chi connectivity index (χ0n) is 14.5. The van der Waals surface area contributed by atoms with Crippen molar-refractivity contribution in [3.63, 3.8) is 0 Å². The molecule has 2 aromatic rings. The second-order valence-electron chi connectivity index (χ2n) is 5.60. The third-order valence-electron chi connectivity index (χ3n) is 3.67. The zero-order chi connectivity index (χ0) is 18.4. The van der Waals surface area contributed by atoms with Crippen molar-refractivity contribution in [1.29, 1.82) is 0 Å². The zero-order valence-corrected chi connectivity index (χ0v) is 16.8. The summed E-state index contributed by atoms with van der Waals surface area (Å²) in [4.78, 5) is 12.6. The van der Waals surface area contributed by atoms with Gasteiger partial charge in [-0.25, -0.2) is 0 Å². The van der Waals surface area contributed by atoms with E-state index in [4.69, 9.17) is 21.1 Å². The Morgan fingerprint density at radius 2 is 2.00 bits per heavy atom. The number of aryl methyl sites for hydroxylation is 1. The first kappa shape index (κ1) is 19.6. The molecule has 0 unspecified atom stereocenters. The first-order valence-corrected chi connectivity index (χ1v) is 9.21. The number of carbonyl (C=O) groups excluding carboxylic acids is 1. The highest BCUT2D eigenvalue weighted by Gasteiger charge is 2.14. The fourth-order valence-corrected chi connectivity index (χ4v) is 3.32. The summed E-state index contributed by atoms with van der Waals surface area (Å²) in [5, 5.41) is 3.34. The predicted molar refractivity (Wildman–Crippen MR) is 105 cm³/mol. The highest BCUT2D eigenvalue weighted by Crippen LogP contribution is 2.32. The summed E-state index contributed by atoms with van der Waals surface area (Å²) < 4.78 is 11.9. The molecule has 0 radical (unpaired) electrons. The van der Waals surface area contributed by atoms with Crippen molar-refractivity contribution in [3.8, 4) is 11.5 Å². The summed E-state index contributed by atoms with van der Waals surface area (Å²) in [6.07, 6.45) is 2.02. The number of hydrogen-bond donors (Lipinski definition) is 1. The van der Waals surface area contributed by atoms with Gasteiger partial charge in [0.05, 0.1) is 24.4 Å². The fourth-order valence-electron chi connectivity index (χ4n) is 2.30. The molecular weight excluding hydrogens is 406 g/mol. The first-order valence-electron chi connectivity index (χ1n) is 8.04. The second kappa shape index (κ2) is 9.11. The lowest BCUT2D eigenvalue weighted by molar-refractivity contribution is 0.102. The molecule has 0 aliphatic carbocycles. The van der Waals surface area contributed by atoms with Gasteiger partial charge in [-0.2, -0.15) is 0 Å². The van der Waals surface area contributed by atoms with Gasteiger partial charge in [-0.05, 0) is 49.2 Å². The van der Waals surface area contributed by atoms with Crippen molar-refractivity contribution in [3.05, 3.63) is 51.0 Å². The molecule has 0 heterocycles. The lowest BCUT2D eigenvalue weighted by atomic mass is 10.1. The summed E-state index contributed by atoms with van der Waals surface area (Å²) in [6, 6.07) is 8.77. The summed E-state index contributed by atoms with van der Waals surface area (Å²) in [7, 11) is 1.55. The van der Waals surface area contributed by atoms with Crippen molar-refractivity contribution < 1.29 is 14.3 Å². The Labute approximate surface area is 161 Å². The van der Waals surface area contributed by atoms with Gasteiger partial charge in [0, 0.05) is 10.0 Å². The SMILES string of the molecule is CCCCOc1ccc(C(=O)Nc2c(C)cc(Br)cc2Cl)cc1OC. The minimum Gasteiger partial charge on any atom is -0.493 e. The van der Waals surface area contributed by atoms with Crippen LogP contribution in [-0.4, -0.2) is 19.6 Å². The molecule has 134 valence electrons. The minimum absolute atomic E-state index is 0.259. The summed E-state index contributed by atoms with van der Waals surface area (Å²) in [5.41, 5.74) is 1.94. The molecule has 0 aromatic heterocycles. The Morgan fingerprint density at radius 3 is 2.64 bits per heavy atom. The Kier molecular flexibility index (Phi) is 7.14. The number of anilines is 1. The average Bonchev–Trinajstić information content (AvgIpc) is 2.58. The normalized spacial score (nSPS) is 10.4. The molecule has 0 saturated heterocycles. The van der Waals surface area contributed by atoms with Crippen LogP contribution in [0.5, 0.6) is 11.5 Å². The number of methoxy groups -OCH3 is 1. The van der Waals surface area contributed by atoms with E-state index in [0.717, 1.165) is 22.9 Å². The fraction of sp³-hybridized carbons (Fsp3) is 0.316. The Morgan fingerprint density at radius 1 is 1.24 bits per heavy atom. The van der Waals surface area contributed by atoms with Gasteiger partial charge in [0.1, 0.15) is 0 Å². The highest BCUT2D eigenvalue weighted by molar-refractivity contribution is 9.10. The molecule has 1 amide bonds. The molecule has 2 rings (SSSR count). The van der Waals surface area contributed by atoms with Gasteiger partial charge in [-0.15, -0.1) is 0 Å². The monoisotopic (exact) mass is 425 g/mol.